The number of hydrogen-bond donors (Lipinski definition) is 0. The van der Waals surface area contributed by atoms with Gasteiger partial charge in [-0.3, -0.25) is 4.98 Å². The summed E-state index contributed by atoms with van der Waals surface area (Å²) in [6.45, 7) is 4.03. The molecule has 0 bridgehead atoms. The van der Waals surface area contributed by atoms with Crippen LogP contribution >= 0.6 is 0 Å². The molecule has 0 unspecified atom stereocenters. The minimum absolute atomic E-state index is 0.737. The average molecular weight is 407 g/mol. The second-order valence-electron chi connectivity index (χ2n) is 7.35. The maximum absolute atomic E-state index is 6.15. The van der Waals surface area contributed by atoms with Crippen LogP contribution in [0.2, 0.25) is 0 Å². The summed E-state index contributed by atoms with van der Waals surface area (Å²) in [6.07, 6.45) is 7.41. The molecule has 5 aromatic rings. The number of hydrogen-bond acceptors (Lipinski definition) is 4. The fraction of sp³-hybridized carbons (Fsp3) is 0.0800. The molecule has 3 aromatic heterocycles. The van der Waals surface area contributed by atoms with Crippen LogP contribution in [0.15, 0.2) is 91.5 Å². The number of rotatable bonds is 5. The third-order valence-corrected chi connectivity index (χ3v) is 4.97. The van der Waals surface area contributed by atoms with E-state index in [-0.39, 0.29) is 0 Å². The molecule has 0 aliphatic carbocycles. The zero-order valence-electron chi connectivity index (χ0n) is 17.3. The topological polar surface area (TPSA) is 57.8 Å². The predicted octanol–water partition coefficient (Wildman–Crippen LogP) is 5.53. The van der Waals surface area contributed by atoms with Crippen LogP contribution in [0.25, 0.3) is 22.5 Å². The van der Waals surface area contributed by atoms with Crippen molar-refractivity contribution in [3.05, 3.63) is 103 Å². The summed E-state index contributed by atoms with van der Waals surface area (Å²) < 4.78 is 9.90. The zero-order chi connectivity index (χ0) is 21.2. The fourth-order valence-corrected chi connectivity index (χ4v) is 3.54. The Labute approximate surface area is 180 Å². The average Bonchev–Trinajstić information content (AvgIpc) is 3.41. The van der Waals surface area contributed by atoms with Gasteiger partial charge in [-0.05, 0) is 50.2 Å². The van der Waals surface area contributed by atoms with Crippen LogP contribution < -0.4 is 4.74 Å². The quantitative estimate of drug-likeness (QED) is 0.384. The van der Waals surface area contributed by atoms with Gasteiger partial charge in [0.1, 0.15) is 11.5 Å². The van der Waals surface area contributed by atoms with Crippen molar-refractivity contribution in [1.82, 2.24) is 24.5 Å². The van der Waals surface area contributed by atoms with Crippen molar-refractivity contribution in [3.63, 3.8) is 0 Å². The van der Waals surface area contributed by atoms with E-state index in [9.17, 15) is 0 Å². The van der Waals surface area contributed by atoms with Gasteiger partial charge in [0, 0.05) is 47.5 Å². The molecule has 0 saturated carbocycles. The second kappa shape index (κ2) is 7.91. The van der Waals surface area contributed by atoms with Crippen LogP contribution in [0.1, 0.15) is 11.4 Å². The molecular weight excluding hydrogens is 386 g/mol. The summed E-state index contributed by atoms with van der Waals surface area (Å²) >= 11 is 0. The van der Waals surface area contributed by atoms with Crippen LogP contribution in [0, 0.1) is 13.8 Å². The molecule has 0 aliphatic heterocycles. The van der Waals surface area contributed by atoms with E-state index in [4.69, 9.17) is 4.74 Å². The Kier molecular flexibility index (Phi) is 4.80. The normalized spacial score (nSPS) is 10.9. The van der Waals surface area contributed by atoms with Gasteiger partial charge < -0.3 is 4.74 Å². The molecule has 5 rings (SSSR count). The van der Waals surface area contributed by atoms with Crippen LogP contribution in [0.4, 0.5) is 0 Å². The highest BCUT2D eigenvalue weighted by molar-refractivity contribution is 5.61. The van der Waals surface area contributed by atoms with Gasteiger partial charge >= 0.3 is 0 Å². The molecular formula is C25H21N5O. The lowest BCUT2D eigenvalue weighted by Gasteiger charge is -2.10. The van der Waals surface area contributed by atoms with Crippen molar-refractivity contribution in [3.8, 4) is 34.0 Å². The summed E-state index contributed by atoms with van der Waals surface area (Å²) in [5, 5.41) is 9.05. The molecule has 152 valence electrons. The third-order valence-electron chi connectivity index (χ3n) is 4.97. The molecule has 2 aromatic carbocycles. The highest BCUT2D eigenvalue weighted by Gasteiger charge is 2.08. The number of nitrogens with zero attached hydrogens (tertiary/aromatic N) is 5. The lowest BCUT2D eigenvalue weighted by Crippen LogP contribution is -1.99. The Morgan fingerprint density at radius 3 is 2.26 bits per heavy atom. The maximum atomic E-state index is 6.15. The number of benzene rings is 2. The van der Waals surface area contributed by atoms with Crippen molar-refractivity contribution < 1.29 is 4.74 Å². The number of aryl methyl sites for hydroxylation is 2. The summed E-state index contributed by atoms with van der Waals surface area (Å²) in [7, 11) is 0. The molecule has 0 aliphatic rings. The Morgan fingerprint density at radius 2 is 1.55 bits per heavy atom. The Balaban J connectivity index is 1.40. The molecule has 6 heteroatoms. The number of aromatic nitrogens is 5. The first-order valence-corrected chi connectivity index (χ1v) is 10.0. The fourth-order valence-electron chi connectivity index (χ4n) is 3.54. The minimum Gasteiger partial charge on any atom is -0.457 e. The summed E-state index contributed by atoms with van der Waals surface area (Å²) in [5.41, 5.74) is 6.00. The van der Waals surface area contributed by atoms with E-state index in [2.05, 4.69) is 21.2 Å². The van der Waals surface area contributed by atoms with Gasteiger partial charge in [0.2, 0.25) is 0 Å². The van der Waals surface area contributed by atoms with Crippen LogP contribution in [0.3, 0.4) is 0 Å². The summed E-state index contributed by atoms with van der Waals surface area (Å²) in [5.74, 6) is 1.49. The van der Waals surface area contributed by atoms with Gasteiger partial charge in [0.25, 0.3) is 0 Å². The molecule has 0 amide bonds. The molecule has 3 heterocycles. The predicted molar refractivity (Wildman–Crippen MR) is 120 cm³/mol. The van der Waals surface area contributed by atoms with Crippen molar-refractivity contribution >= 4 is 0 Å². The Bertz CT molecular complexity index is 1340. The van der Waals surface area contributed by atoms with Crippen LogP contribution in [-0.2, 0) is 0 Å². The molecule has 31 heavy (non-hydrogen) atoms. The molecule has 0 N–H and O–H groups in total. The van der Waals surface area contributed by atoms with Gasteiger partial charge in [-0.2, -0.15) is 10.2 Å². The Morgan fingerprint density at radius 1 is 0.774 bits per heavy atom. The molecule has 0 radical (unpaired) electrons. The second-order valence-corrected chi connectivity index (χ2v) is 7.35. The molecule has 0 atom stereocenters. The van der Waals surface area contributed by atoms with Crippen LogP contribution in [-0.4, -0.2) is 24.5 Å². The van der Waals surface area contributed by atoms with Crippen molar-refractivity contribution in [2.45, 2.75) is 13.8 Å². The molecule has 0 saturated heterocycles. The first kappa shape index (κ1) is 18.8. The van der Waals surface area contributed by atoms with Gasteiger partial charge in [0.05, 0.1) is 23.3 Å². The van der Waals surface area contributed by atoms with E-state index in [1.807, 2.05) is 102 Å². The van der Waals surface area contributed by atoms with E-state index >= 15 is 0 Å². The monoisotopic (exact) mass is 407 g/mol. The maximum Gasteiger partial charge on any atom is 0.129 e. The first-order chi connectivity index (χ1) is 15.2. The molecule has 0 spiro atoms. The first-order valence-electron chi connectivity index (χ1n) is 10.0. The number of pyridine rings is 1. The van der Waals surface area contributed by atoms with Gasteiger partial charge in [-0.1, -0.05) is 18.2 Å². The van der Waals surface area contributed by atoms with Gasteiger partial charge in [0.15, 0.2) is 0 Å². The van der Waals surface area contributed by atoms with E-state index < -0.39 is 0 Å². The van der Waals surface area contributed by atoms with Crippen molar-refractivity contribution in [2.75, 3.05) is 0 Å². The highest BCUT2D eigenvalue weighted by atomic mass is 16.5. The zero-order valence-corrected chi connectivity index (χ0v) is 17.3. The lowest BCUT2D eigenvalue weighted by molar-refractivity contribution is 0.481. The number of ether oxygens (including phenoxy) is 1. The van der Waals surface area contributed by atoms with E-state index in [1.54, 1.807) is 6.20 Å². The SMILES string of the molecule is Cc1cc(C)n(-c2cccc(Oc3cccc(-n4cc(-c5cccnc5)cn4)c3)c2)n1. The van der Waals surface area contributed by atoms with E-state index in [0.29, 0.717) is 0 Å². The standard InChI is InChI=1S/C25H21N5O/c1-18-12-19(2)30(28-18)23-8-4-10-25(14-23)31-24-9-3-7-22(13-24)29-17-21(16-27-29)20-6-5-11-26-15-20/h3-17H,1-2H3. The van der Waals surface area contributed by atoms with Crippen molar-refractivity contribution in [1.29, 1.82) is 0 Å². The molecule has 0 fully saturated rings. The largest absolute Gasteiger partial charge is 0.457 e. The summed E-state index contributed by atoms with van der Waals surface area (Å²) in [6, 6.07) is 21.8. The van der Waals surface area contributed by atoms with E-state index in [1.165, 1.54) is 0 Å². The van der Waals surface area contributed by atoms with Crippen molar-refractivity contribution in [2.24, 2.45) is 0 Å². The van der Waals surface area contributed by atoms with Gasteiger partial charge in [-0.15, -0.1) is 0 Å². The Hall–Kier alpha value is -4.19. The lowest BCUT2D eigenvalue weighted by atomic mass is 10.2. The summed E-state index contributed by atoms with van der Waals surface area (Å²) in [4.78, 5) is 4.18. The van der Waals surface area contributed by atoms with Gasteiger partial charge in [-0.25, -0.2) is 9.36 Å². The van der Waals surface area contributed by atoms with E-state index in [0.717, 1.165) is 45.4 Å². The highest BCUT2D eigenvalue weighted by Crippen LogP contribution is 2.26. The third kappa shape index (κ3) is 3.96. The van der Waals surface area contributed by atoms with Crippen LogP contribution in [0.5, 0.6) is 11.5 Å². The molecule has 6 nitrogen and oxygen atoms in total. The smallest absolute Gasteiger partial charge is 0.129 e. The minimum atomic E-state index is 0.737.